The van der Waals surface area contributed by atoms with Gasteiger partial charge < -0.3 is 9.47 Å². The Hall–Kier alpha value is -2.69. The number of imidazole rings is 1. The van der Waals surface area contributed by atoms with Crippen LogP contribution in [0.15, 0.2) is 55.1 Å². The highest BCUT2D eigenvalue weighted by Crippen LogP contribution is 2.27. The predicted molar refractivity (Wildman–Crippen MR) is 88.1 cm³/mol. The molecule has 0 aliphatic carbocycles. The van der Waals surface area contributed by atoms with E-state index in [1.54, 1.807) is 18.5 Å². The SMILES string of the molecule is O=C(c1cccnc1)N1CCC(n2cnc3ccccc32)CC1. The van der Waals surface area contributed by atoms with Gasteiger partial charge in [-0.05, 0) is 37.1 Å². The lowest BCUT2D eigenvalue weighted by Crippen LogP contribution is -2.39. The first kappa shape index (κ1) is 13.9. The Morgan fingerprint density at radius 1 is 1.09 bits per heavy atom. The Labute approximate surface area is 134 Å². The maximum absolute atomic E-state index is 12.5. The summed E-state index contributed by atoms with van der Waals surface area (Å²) in [5, 5.41) is 0. The molecule has 0 N–H and O–H groups in total. The van der Waals surface area contributed by atoms with Gasteiger partial charge in [0.1, 0.15) is 0 Å². The third kappa shape index (κ3) is 2.59. The van der Waals surface area contributed by atoms with Crippen molar-refractivity contribution in [2.45, 2.75) is 18.9 Å². The fourth-order valence-corrected chi connectivity index (χ4v) is 3.29. The number of para-hydroxylation sites is 2. The predicted octanol–water partition coefficient (Wildman–Crippen LogP) is 2.91. The smallest absolute Gasteiger partial charge is 0.255 e. The zero-order chi connectivity index (χ0) is 15.6. The highest BCUT2D eigenvalue weighted by atomic mass is 16.2. The van der Waals surface area contributed by atoms with Crippen LogP contribution in [0.25, 0.3) is 11.0 Å². The first-order chi connectivity index (χ1) is 11.3. The lowest BCUT2D eigenvalue weighted by Gasteiger charge is -2.32. The third-order valence-corrected chi connectivity index (χ3v) is 4.53. The molecule has 2 aromatic heterocycles. The largest absolute Gasteiger partial charge is 0.338 e. The number of rotatable bonds is 2. The molecule has 1 amide bonds. The van der Waals surface area contributed by atoms with E-state index >= 15 is 0 Å². The highest BCUT2D eigenvalue weighted by Gasteiger charge is 2.25. The van der Waals surface area contributed by atoms with Gasteiger partial charge in [0, 0.05) is 31.5 Å². The van der Waals surface area contributed by atoms with Gasteiger partial charge in [-0.3, -0.25) is 9.78 Å². The number of piperidine rings is 1. The van der Waals surface area contributed by atoms with Crippen LogP contribution in [0.5, 0.6) is 0 Å². The molecule has 5 heteroatoms. The lowest BCUT2D eigenvalue weighted by atomic mass is 10.0. The van der Waals surface area contributed by atoms with Crippen molar-refractivity contribution in [3.05, 3.63) is 60.7 Å². The van der Waals surface area contributed by atoms with Gasteiger partial charge in [-0.15, -0.1) is 0 Å². The van der Waals surface area contributed by atoms with Crippen molar-refractivity contribution in [2.75, 3.05) is 13.1 Å². The van der Waals surface area contributed by atoms with Crippen LogP contribution in [0.1, 0.15) is 29.2 Å². The molecule has 3 heterocycles. The van der Waals surface area contributed by atoms with Crippen molar-refractivity contribution in [1.82, 2.24) is 19.4 Å². The summed E-state index contributed by atoms with van der Waals surface area (Å²) < 4.78 is 2.25. The molecule has 3 aromatic rings. The maximum atomic E-state index is 12.5. The quantitative estimate of drug-likeness (QED) is 0.731. The molecule has 4 rings (SSSR count). The summed E-state index contributed by atoms with van der Waals surface area (Å²) in [6, 6.07) is 12.2. The zero-order valence-electron chi connectivity index (χ0n) is 12.8. The maximum Gasteiger partial charge on any atom is 0.255 e. The summed E-state index contributed by atoms with van der Waals surface area (Å²) in [7, 11) is 0. The summed E-state index contributed by atoms with van der Waals surface area (Å²) in [5.74, 6) is 0.0760. The second kappa shape index (κ2) is 5.83. The molecule has 1 aliphatic heterocycles. The molecule has 0 atom stereocenters. The van der Waals surface area contributed by atoms with Crippen LogP contribution in [0.3, 0.4) is 0 Å². The van der Waals surface area contributed by atoms with Crippen molar-refractivity contribution < 1.29 is 4.79 Å². The molecule has 0 radical (unpaired) electrons. The fraction of sp³-hybridized carbons (Fsp3) is 0.278. The van der Waals surface area contributed by atoms with Crippen molar-refractivity contribution >= 4 is 16.9 Å². The Kier molecular flexibility index (Phi) is 3.54. The minimum atomic E-state index is 0.0760. The summed E-state index contributed by atoms with van der Waals surface area (Å²) in [4.78, 5) is 22.9. The second-order valence-corrected chi connectivity index (χ2v) is 5.91. The number of carbonyl (C=O) groups is 1. The number of aromatic nitrogens is 3. The number of nitrogens with zero attached hydrogens (tertiary/aromatic N) is 4. The second-order valence-electron chi connectivity index (χ2n) is 5.91. The van der Waals surface area contributed by atoms with Gasteiger partial charge in [0.15, 0.2) is 0 Å². The summed E-state index contributed by atoms with van der Waals surface area (Å²) in [6.45, 7) is 1.54. The first-order valence-corrected chi connectivity index (χ1v) is 7.94. The number of hydrogen-bond donors (Lipinski definition) is 0. The van der Waals surface area contributed by atoms with Crippen LogP contribution < -0.4 is 0 Å². The van der Waals surface area contributed by atoms with E-state index in [0.29, 0.717) is 11.6 Å². The summed E-state index contributed by atoms with van der Waals surface area (Å²) in [5.41, 5.74) is 2.87. The standard InChI is InChI=1S/C18H18N4O/c23-18(14-4-3-9-19-12-14)21-10-7-15(8-11-21)22-13-20-16-5-1-2-6-17(16)22/h1-6,9,12-13,15H,7-8,10-11H2. The fourth-order valence-electron chi connectivity index (χ4n) is 3.29. The zero-order valence-corrected chi connectivity index (χ0v) is 12.8. The van der Waals surface area contributed by atoms with Crippen LogP contribution >= 0.6 is 0 Å². The van der Waals surface area contributed by atoms with Gasteiger partial charge >= 0.3 is 0 Å². The molecule has 0 unspecified atom stereocenters. The molecule has 5 nitrogen and oxygen atoms in total. The number of fused-ring (bicyclic) bond motifs is 1. The molecular formula is C18H18N4O. The number of carbonyl (C=O) groups excluding carboxylic acids is 1. The third-order valence-electron chi connectivity index (χ3n) is 4.53. The van der Waals surface area contributed by atoms with Gasteiger partial charge in [0.25, 0.3) is 5.91 Å². The Morgan fingerprint density at radius 3 is 2.70 bits per heavy atom. The molecule has 0 spiro atoms. The molecule has 116 valence electrons. The molecule has 1 aromatic carbocycles. The molecule has 1 fully saturated rings. The van der Waals surface area contributed by atoms with Crippen LogP contribution in [-0.4, -0.2) is 38.4 Å². The van der Waals surface area contributed by atoms with Crippen LogP contribution in [-0.2, 0) is 0 Å². The van der Waals surface area contributed by atoms with E-state index in [0.717, 1.165) is 31.4 Å². The van der Waals surface area contributed by atoms with Crippen molar-refractivity contribution in [3.8, 4) is 0 Å². The van der Waals surface area contributed by atoms with Gasteiger partial charge in [0.05, 0.1) is 22.9 Å². The minimum Gasteiger partial charge on any atom is -0.338 e. The molecule has 1 saturated heterocycles. The van der Waals surface area contributed by atoms with Gasteiger partial charge in [-0.25, -0.2) is 4.98 Å². The number of benzene rings is 1. The van der Waals surface area contributed by atoms with E-state index in [9.17, 15) is 4.79 Å². The number of likely N-dealkylation sites (tertiary alicyclic amines) is 1. The summed E-state index contributed by atoms with van der Waals surface area (Å²) in [6.07, 6.45) is 7.15. The van der Waals surface area contributed by atoms with E-state index in [4.69, 9.17) is 0 Å². The van der Waals surface area contributed by atoms with Gasteiger partial charge in [-0.2, -0.15) is 0 Å². The molecule has 0 bridgehead atoms. The van der Waals surface area contributed by atoms with Crippen molar-refractivity contribution in [2.24, 2.45) is 0 Å². The minimum absolute atomic E-state index is 0.0760. The van der Waals surface area contributed by atoms with E-state index in [1.807, 2.05) is 35.5 Å². The van der Waals surface area contributed by atoms with Gasteiger partial charge in [0.2, 0.25) is 0 Å². The normalized spacial score (nSPS) is 15.9. The average Bonchev–Trinajstić information content (AvgIpc) is 3.06. The molecule has 23 heavy (non-hydrogen) atoms. The molecule has 0 saturated carbocycles. The van der Waals surface area contributed by atoms with Crippen LogP contribution in [0.2, 0.25) is 0 Å². The highest BCUT2D eigenvalue weighted by molar-refractivity contribution is 5.93. The van der Waals surface area contributed by atoms with E-state index < -0.39 is 0 Å². The van der Waals surface area contributed by atoms with E-state index in [2.05, 4.69) is 20.6 Å². The van der Waals surface area contributed by atoms with Crippen LogP contribution in [0, 0.1) is 0 Å². The van der Waals surface area contributed by atoms with Crippen molar-refractivity contribution in [1.29, 1.82) is 0 Å². The number of hydrogen-bond acceptors (Lipinski definition) is 3. The van der Waals surface area contributed by atoms with Crippen molar-refractivity contribution in [3.63, 3.8) is 0 Å². The Bertz CT molecular complexity index is 819. The Balaban J connectivity index is 1.48. The monoisotopic (exact) mass is 306 g/mol. The van der Waals surface area contributed by atoms with Gasteiger partial charge in [-0.1, -0.05) is 12.1 Å². The lowest BCUT2D eigenvalue weighted by molar-refractivity contribution is 0.0695. The van der Waals surface area contributed by atoms with E-state index in [1.165, 1.54) is 5.52 Å². The molecular weight excluding hydrogens is 288 g/mol. The van der Waals surface area contributed by atoms with E-state index in [-0.39, 0.29) is 5.91 Å². The molecule has 1 aliphatic rings. The Morgan fingerprint density at radius 2 is 1.91 bits per heavy atom. The number of pyridine rings is 1. The first-order valence-electron chi connectivity index (χ1n) is 7.94. The topological polar surface area (TPSA) is 51.0 Å². The average molecular weight is 306 g/mol. The summed E-state index contributed by atoms with van der Waals surface area (Å²) >= 11 is 0. The number of amides is 1. The van der Waals surface area contributed by atoms with Crippen LogP contribution in [0.4, 0.5) is 0 Å².